The zero-order valence-corrected chi connectivity index (χ0v) is 21.4. The van der Waals surface area contributed by atoms with Gasteiger partial charge in [0.25, 0.3) is 5.91 Å². The molecule has 3 aromatic carbocycles. The lowest BCUT2D eigenvalue weighted by Crippen LogP contribution is -2.45. The highest BCUT2D eigenvalue weighted by atomic mass is 35.5. The van der Waals surface area contributed by atoms with Crippen LogP contribution in [0.4, 0.5) is 13.2 Å². The lowest BCUT2D eigenvalue weighted by atomic mass is 10.0. The average Bonchev–Trinajstić information content (AvgIpc) is 3.10. The number of ether oxygens (including phenoxy) is 1. The van der Waals surface area contributed by atoms with Crippen LogP contribution in [-0.2, 0) is 28.7 Å². The molecule has 0 aromatic heterocycles. The lowest BCUT2D eigenvalue weighted by Gasteiger charge is -2.31. The summed E-state index contributed by atoms with van der Waals surface area (Å²) in [6.07, 6.45) is -3.77. The lowest BCUT2D eigenvalue weighted by molar-refractivity contribution is -0.137. The van der Waals surface area contributed by atoms with E-state index in [1.807, 2.05) is 42.5 Å². The number of nitrogens with zero attached hydrogens (tertiary/aromatic N) is 2. The number of carbonyl (C=O) groups is 2. The van der Waals surface area contributed by atoms with E-state index < -0.39 is 17.6 Å². The third-order valence-electron chi connectivity index (χ3n) is 6.52. The first-order valence-electron chi connectivity index (χ1n) is 12.3. The molecule has 1 saturated heterocycles. The van der Waals surface area contributed by atoms with E-state index in [2.05, 4.69) is 0 Å². The number of benzene rings is 3. The molecule has 0 saturated carbocycles. The van der Waals surface area contributed by atoms with Crippen LogP contribution in [0.5, 0.6) is 0 Å². The van der Waals surface area contributed by atoms with Crippen LogP contribution < -0.4 is 0 Å². The van der Waals surface area contributed by atoms with Crippen molar-refractivity contribution in [1.82, 2.24) is 9.80 Å². The Morgan fingerprint density at radius 2 is 1.58 bits per heavy atom. The van der Waals surface area contributed by atoms with Crippen molar-refractivity contribution in [1.29, 1.82) is 0 Å². The fourth-order valence-electron chi connectivity index (χ4n) is 4.45. The smallest absolute Gasteiger partial charge is 0.375 e. The highest BCUT2D eigenvalue weighted by Gasteiger charge is 2.32. The highest BCUT2D eigenvalue weighted by Crippen LogP contribution is 2.29. The molecule has 1 heterocycles. The third kappa shape index (κ3) is 7.36. The topological polar surface area (TPSA) is 49.9 Å². The van der Waals surface area contributed by atoms with Gasteiger partial charge in [-0.3, -0.25) is 9.59 Å². The van der Waals surface area contributed by atoms with Crippen LogP contribution in [0.25, 0.3) is 0 Å². The standard InChI is InChI=1S/C29H28ClF3N2O3/c30-25-12-6-22(7-13-25)19-38-20-26(18-21-4-2-1-3-5-21)35-17-16-34(15-14-27(35)36)28(37)23-8-10-24(11-9-23)29(31,32)33/h1-13,26H,14-20H2/t26-/m0/s1. The molecule has 2 amide bonds. The van der Waals surface area contributed by atoms with Crippen molar-refractivity contribution in [2.75, 3.05) is 26.2 Å². The molecule has 0 spiro atoms. The molecule has 1 aliphatic heterocycles. The minimum atomic E-state index is -4.47. The van der Waals surface area contributed by atoms with Crippen molar-refractivity contribution in [2.24, 2.45) is 0 Å². The van der Waals surface area contributed by atoms with Crippen molar-refractivity contribution in [2.45, 2.75) is 31.7 Å². The summed E-state index contributed by atoms with van der Waals surface area (Å²) >= 11 is 5.96. The molecule has 4 rings (SSSR count). The Morgan fingerprint density at radius 3 is 2.24 bits per heavy atom. The van der Waals surface area contributed by atoms with Gasteiger partial charge in [-0.05, 0) is 53.9 Å². The summed E-state index contributed by atoms with van der Waals surface area (Å²) in [6, 6.07) is 21.1. The van der Waals surface area contributed by atoms with E-state index in [1.165, 1.54) is 17.0 Å². The molecule has 0 bridgehead atoms. The van der Waals surface area contributed by atoms with Gasteiger partial charge in [0, 0.05) is 36.6 Å². The zero-order chi connectivity index (χ0) is 27.1. The van der Waals surface area contributed by atoms with Gasteiger partial charge in [0.2, 0.25) is 5.91 Å². The third-order valence-corrected chi connectivity index (χ3v) is 6.77. The van der Waals surface area contributed by atoms with E-state index in [0.717, 1.165) is 23.3 Å². The number of hydrogen-bond acceptors (Lipinski definition) is 3. The van der Waals surface area contributed by atoms with Crippen LogP contribution in [0.1, 0.15) is 33.5 Å². The first-order valence-corrected chi connectivity index (χ1v) is 12.7. The Kier molecular flexibility index (Phi) is 9.07. The number of halogens is 4. The number of carbonyl (C=O) groups excluding carboxylic acids is 2. The van der Waals surface area contributed by atoms with E-state index in [4.69, 9.17) is 16.3 Å². The van der Waals surface area contributed by atoms with E-state index in [1.54, 1.807) is 17.0 Å². The number of alkyl halides is 3. The summed E-state index contributed by atoms with van der Waals surface area (Å²) in [5, 5.41) is 0.640. The maximum absolute atomic E-state index is 13.2. The molecule has 5 nitrogen and oxygen atoms in total. The summed E-state index contributed by atoms with van der Waals surface area (Å²) in [6.45, 7) is 1.43. The monoisotopic (exact) mass is 544 g/mol. The maximum Gasteiger partial charge on any atom is 0.416 e. The van der Waals surface area contributed by atoms with Gasteiger partial charge in [-0.1, -0.05) is 54.1 Å². The summed E-state index contributed by atoms with van der Waals surface area (Å²) in [7, 11) is 0. The van der Waals surface area contributed by atoms with Crippen molar-refractivity contribution < 1.29 is 27.5 Å². The van der Waals surface area contributed by atoms with Crippen LogP contribution in [0.2, 0.25) is 5.02 Å². The molecule has 0 unspecified atom stereocenters. The molecule has 0 radical (unpaired) electrons. The van der Waals surface area contributed by atoms with Crippen molar-refractivity contribution in [3.63, 3.8) is 0 Å². The van der Waals surface area contributed by atoms with Crippen molar-refractivity contribution in [3.8, 4) is 0 Å². The molecule has 0 aliphatic carbocycles. The second kappa shape index (κ2) is 12.5. The normalized spacial score (nSPS) is 15.3. The van der Waals surface area contributed by atoms with E-state index in [9.17, 15) is 22.8 Å². The molecule has 1 aliphatic rings. The molecule has 38 heavy (non-hydrogen) atoms. The quantitative estimate of drug-likeness (QED) is 0.357. The van der Waals surface area contributed by atoms with Crippen LogP contribution in [0.3, 0.4) is 0 Å². The number of hydrogen-bond donors (Lipinski definition) is 0. The SMILES string of the molecule is O=C(c1ccc(C(F)(F)F)cc1)N1CCC(=O)N([C@H](COCc2ccc(Cl)cc2)Cc2ccccc2)CC1. The summed E-state index contributed by atoms with van der Waals surface area (Å²) in [5.41, 5.74) is 1.37. The van der Waals surface area contributed by atoms with Gasteiger partial charge in [0.1, 0.15) is 0 Å². The largest absolute Gasteiger partial charge is 0.416 e. The predicted octanol–water partition coefficient (Wildman–Crippen LogP) is 5.86. The van der Waals surface area contributed by atoms with Crippen LogP contribution in [0, 0.1) is 0 Å². The Morgan fingerprint density at radius 1 is 0.895 bits per heavy atom. The number of rotatable bonds is 8. The summed E-state index contributed by atoms with van der Waals surface area (Å²) < 4.78 is 44.7. The maximum atomic E-state index is 13.2. The van der Waals surface area contributed by atoms with E-state index in [0.29, 0.717) is 31.2 Å². The average molecular weight is 545 g/mol. The van der Waals surface area contributed by atoms with Crippen LogP contribution in [-0.4, -0.2) is 53.9 Å². The Bertz CT molecular complexity index is 1220. The second-order valence-electron chi connectivity index (χ2n) is 9.19. The van der Waals surface area contributed by atoms with Gasteiger partial charge >= 0.3 is 6.18 Å². The minimum absolute atomic E-state index is 0.0938. The molecular formula is C29H28ClF3N2O3. The molecule has 9 heteroatoms. The van der Waals surface area contributed by atoms with Crippen LogP contribution in [0.15, 0.2) is 78.9 Å². The zero-order valence-electron chi connectivity index (χ0n) is 20.7. The Hall–Kier alpha value is -3.36. The first-order chi connectivity index (χ1) is 18.2. The fraction of sp³-hybridized carbons (Fsp3) is 0.310. The van der Waals surface area contributed by atoms with Crippen LogP contribution >= 0.6 is 11.6 Å². The first kappa shape index (κ1) is 27.7. The number of amides is 2. The molecular weight excluding hydrogens is 517 g/mol. The Labute approximate surface area is 224 Å². The van der Waals surface area contributed by atoms with Crippen molar-refractivity contribution >= 4 is 23.4 Å². The van der Waals surface area contributed by atoms with Gasteiger partial charge in [0.15, 0.2) is 0 Å². The fourth-order valence-corrected chi connectivity index (χ4v) is 4.58. The minimum Gasteiger partial charge on any atom is -0.375 e. The van der Waals surface area contributed by atoms with Crippen molar-refractivity contribution in [3.05, 3.63) is 106 Å². The van der Waals surface area contributed by atoms with Gasteiger partial charge in [-0.25, -0.2) is 0 Å². The molecule has 0 N–H and O–H groups in total. The molecule has 200 valence electrons. The summed E-state index contributed by atoms with van der Waals surface area (Å²) in [5.74, 6) is -0.490. The van der Waals surface area contributed by atoms with Gasteiger partial charge in [-0.15, -0.1) is 0 Å². The molecule has 1 atom stereocenters. The van der Waals surface area contributed by atoms with E-state index >= 15 is 0 Å². The van der Waals surface area contributed by atoms with Gasteiger partial charge < -0.3 is 14.5 Å². The van der Waals surface area contributed by atoms with Gasteiger partial charge in [0.05, 0.1) is 24.8 Å². The van der Waals surface area contributed by atoms with Gasteiger partial charge in [-0.2, -0.15) is 13.2 Å². The second-order valence-corrected chi connectivity index (χ2v) is 9.63. The van der Waals surface area contributed by atoms with E-state index in [-0.39, 0.29) is 37.0 Å². The summed E-state index contributed by atoms with van der Waals surface area (Å²) in [4.78, 5) is 29.5. The highest BCUT2D eigenvalue weighted by molar-refractivity contribution is 6.30. The molecule has 3 aromatic rings. The molecule has 1 fully saturated rings. The predicted molar refractivity (Wildman–Crippen MR) is 139 cm³/mol. The Balaban J connectivity index is 1.44.